The minimum Gasteiger partial charge on any atom is -0.454 e. The lowest BCUT2D eigenvalue weighted by Gasteiger charge is -2.30. The van der Waals surface area contributed by atoms with E-state index in [1.165, 1.54) is 0 Å². The van der Waals surface area contributed by atoms with Crippen LogP contribution >= 0.6 is 0 Å². The van der Waals surface area contributed by atoms with Crippen LogP contribution in [0.2, 0.25) is 0 Å². The lowest BCUT2D eigenvalue weighted by Crippen LogP contribution is -2.47. The molecule has 0 atom stereocenters. The van der Waals surface area contributed by atoms with Crippen LogP contribution < -0.4 is 14.8 Å². The molecule has 0 bridgehead atoms. The molecule has 1 heterocycles. The third-order valence-corrected chi connectivity index (χ3v) is 5.56. The topological polar surface area (TPSA) is 67.9 Å². The van der Waals surface area contributed by atoms with E-state index in [9.17, 15) is 9.59 Å². The van der Waals surface area contributed by atoms with Crippen molar-refractivity contribution in [3.8, 4) is 11.5 Å². The number of hydrogen-bond acceptors (Lipinski definition) is 4. The lowest BCUT2D eigenvalue weighted by atomic mass is 10.0. The van der Waals surface area contributed by atoms with Gasteiger partial charge in [0.2, 0.25) is 18.6 Å². The molecule has 1 saturated carbocycles. The number of rotatable bonds is 7. The van der Waals surface area contributed by atoms with Crippen molar-refractivity contribution in [3.05, 3.63) is 59.7 Å². The van der Waals surface area contributed by atoms with Gasteiger partial charge in [-0.25, -0.2) is 0 Å². The fraction of sp³-hybridized carbons (Fsp3) is 0.391. The Labute approximate surface area is 170 Å². The molecule has 1 aliphatic carbocycles. The summed E-state index contributed by atoms with van der Waals surface area (Å²) in [6.45, 7) is 5.05. The predicted octanol–water partition coefficient (Wildman–Crippen LogP) is 3.25. The first kappa shape index (κ1) is 19.3. The van der Waals surface area contributed by atoms with Crippen LogP contribution in [0.5, 0.6) is 11.5 Å². The van der Waals surface area contributed by atoms with Gasteiger partial charge < -0.3 is 19.7 Å². The van der Waals surface area contributed by atoms with Crippen molar-refractivity contribution < 1.29 is 19.1 Å². The van der Waals surface area contributed by atoms with Crippen molar-refractivity contribution in [2.75, 3.05) is 6.79 Å². The second kappa shape index (κ2) is 7.78. The first-order valence-corrected chi connectivity index (χ1v) is 10.0. The molecule has 1 fully saturated rings. The standard InChI is InChI=1S/C23H26N2O4/c1-16(2)25(14-17-6-4-3-5-7-17)22(27)23(10-11-23)21(26)24-13-18-8-9-19-20(12-18)29-15-28-19/h3-9,12,16H,10-11,13-15H2,1-2H3,(H,24,26). The van der Waals surface area contributed by atoms with Gasteiger partial charge in [0.1, 0.15) is 5.41 Å². The molecule has 0 spiro atoms. The van der Waals surface area contributed by atoms with Crippen molar-refractivity contribution >= 4 is 11.8 Å². The number of fused-ring (bicyclic) bond motifs is 1. The molecule has 0 radical (unpaired) electrons. The van der Waals surface area contributed by atoms with Crippen LogP contribution in [0.3, 0.4) is 0 Å². The molecule has 2 aliphatic rings. The van der Waals surface area contributed by atoms with Crippen molar-refractivity contribution in [1.82, 2.24) is 10.2 Å². The van der Waals surface area contributed by atoms with Crippen molar-refractivity contribution in [3.63, 3.8) is 0 Å². The summed E-state index contributed by atoms with van der Waals surface area (Å²) in [5, 5.41) is 2.95. The number of ether oxygens (including phenoxy) is 2. The van der Waals surface area contributed by atoms with Gasteiger partial charge in [-0.3, -0.25) is 9.59 Å². The summed E-state index contributed by atoms with van der Waals surface area (Å²) < 4.78 is 10.7. The van der Waals surface area contributed by atoms with Gasteiger partial charge in [-0.05, 0) is 49.9 Å². The van der Waals surface area contributed by atoms with Crippen LogP contribution in [0.15, 0.2) is 48.5 Å². The van der Waals surface area contributed by atoms with E-state index in [4.69, 9.17) is 9.47 Å². The summed E-state index contributed by atoms with van der Waals surface area (Å²) in [5.74, 6) is 1.11. The fourth-order valence-electron chi connectivity index (χ4n) is 3.61. The molecule has 6 nitrogen and oxygen atoms in total. The Balaban J connectivity index is 1.42. The van der Waals surface area contributed by atoms with Crippen LogP contribution in [0.25, 0.3) is 0 Å². The first-order chi connectivity index (χ1) is 14.0. The van der Waals surface area contributed by atoms with E-state index in [2.05, 4.69) is 5.32 Å². The van der Waals surface area contributed by atoms with Crippen LogP contribution in [0, 0.1) is 5.41 Å². The Morgan fingerprint density at radius 2 is 1.76 bits per heavy atom. The van der Waals surface area contributed by atoms with Crippen molar-refractivity contribution in [2.45, 2.75) is 45.8 Å². The van der Waals surface area contributed by atoms with Gasteiger partial charge in [0.15, 0.2) is 11.5 Å². The normalized spacial score (nSPS) is 15.8. The van der Waals surface area contributed by atoms with Crippen LogP contribution in [-0.4, -0.2) is 29.5 Å². The van der Waals surface area contributed by atoms with E-state index in [0.29, 0.717) is 37.4 Å². The predicted molar refractivity (Wildman–Crippen MR) is 108 cm³/mol. The molecule has 1 N–H and O–H groups in total. The number of carbonyl (C=O) groups is 2. The van der Waals surface area contributed by atoms with Gasteiger partial charge in [-0.2, -0.15) is 0 Å². The SMILES string of the molecule is CC(C)N(Cc1ccccc1)C(=O)C1(C(=O)NCc2ccc3c(c2)OCO3)CC1. The highest BCUT2D eigenvalue weighted by Crippen LogP contribution is 2.48. The zero-order valence-corrected chi connectivity index (χ0v) is 16.8. The molecule has 29 heavy (non-hydrogen) atoms. The monoisotopic (exact) mass is 394 g/mol. The molecule has 6 heteroatoms. The van der Waals surface area contributed by atoms with Gasteiger partial charge >= 0.3 is 0 Å². The highest BCUT2D eigenvalue weighted by Gasteiger charge is 2.58. The van der Waals surface area contributed by atoms with Crippen LogP contribution in [0.1, 0.15) is 37.8 Å². The molecule has 0 saturated heterocycles. The maximum atomic E-state index is 13.3. The Morgan fingerprint density at radius 3 is 2.45 bits per heavy atom. The number of nitrogens with zero attached hydrogens (tertiary/aromatic N) is 1. The summed E-state index contributed by atoms with van der Waals surface area (Å²) in [6.07, 6.45) is 1.19. The molecule has 1 aliphatic heterocycles. The number of hydrogen-bond donors (Lipinski definition) is 1. The van der Waals surface area contributed by atoms with Gasteiger partial charge in [0, 0.05) is 19.1 Å². The Hall–Kier alpha value is -3.02. The smallest absolute Gasteiger partial charge is 0.238 e. The van der Waals surface area contributed by atoms with E-state index in [0.717, 1.165) is 11.1 Å². The Bertz CT molecular complexity index is 906. The summed E-state index contributed by atoms with van der Waals surface area (Å²) in [5.41, 5.74) is 1.04. The molecule has 152 valence electrons. The fourth-order valence-corrected chi connectivity index (χ4v) is 3.61. The molecule has 0 aromatic heterocycles. The summed E-state index contributed by atoms with van der Waals surface area (Å²) in [6, 6.07) is 15.5. The van der Waals surface area contributed by atoms with E-state index in [1.807, 2.05) is 67.3 Å². The molecule has 4 rings (SSSR count). The van der Waals surface area contributed by atoms with Crippen LogP contribution in [-0.2, 0) is 22.7 Å². The minimum atomic E-state index is -0.935. The molecule has 0 unspecified atom stereocenters. The van der Waals surface area contributed by atoms with E-state index in [-0.39, 0.29) is 24.6 Å². The second-order valence-electron chi connectivity index (χ2n) is 7.96. The average molecular weight is 394 g/mol. The molecule has 2 aromatic carbocycles. The minimum absolute atomic E-state index is 0.0156. The third-order valence-electron chi connectivity index (χ3n) is 5.56. The summed E-state index contributed by atoms with van der Waals surface area (Å²) in [4.78, 5) is 28.1. The quantitative estimate of drug-likeness (QED) is 0.732. The molecular formula is C23H26N2O4. The van der Waals surface area contributed by atoms with Gasteiger partial charge in [0.05, 0.1) is 0 Å². The van der Waals surface area contributed by atoms with Crippen LogP contribution in [0.4, 0.5) is 0 Å². The summed E-state index contributed by atoms with van der Waals surface area (Å²) in [7, 11) is 0. The zero-order valence-electron chi connectivity index (χ0n) is 16.8. The van der Waals surface area contributed by atoms with Gasteiger partial charge in [-0.1, -0.05) is 36.4 Å². The lowest BCUT2D eigenvalue weighted by molar-refractivity contribution is -0.146. The highest BCUT2D eigenvalue weighted by atomic mass is 16.7. The van der Waals surface area contributed by atoms with E-state index in [1.54, 1.807) is 0 Å². The second-order valence-corrected chi connectivity index (χ2v) is 7.96. The zero-order chi connectivity index (χ0) is 20.4. The molecular weight excluding hydrogens is 368 g/mol. The highest BCUT2D eigenvalue weighted by molar-refractivity contribution is 6.07. The number of benzene rings is 2. The number of carbonyl (C=O) groups excluding carboxylic acids is 2. The maximum Gasteiger partial charge on any atom is 0.238 e. The number of nitrogens with one attached hydrogen (secondary N) is 1. The van der Waals surface area contributed by atoms with E-state index >= 15 is 0 Å². The van der Waals surface area contributed by atoms with Gasteiger partial charge in [-0.15, -0.1) is 0 Å². The van der Waals surface area contributed by atoms with Crippen molar-refractivity contribution in [1.29, 1.82) is 0 Å². The molecule has 2 aromatic rings. The first-order valence-electron chi connectivity index (χ1n) is 10.0. The third kappa shape index (κ3) is 3.92. The van der Waals surface area contributed by atoms with Gasteiger partial charge in [0.25, 0.3) is 0 Å². The Morgan fingerprint density at radius 1 is 1.03 bits per heavy atom. The van der Waals surface area contributed by atoms with Crippen molar-refractivity contribution in [2.24, 2.45) is 5.41 Å². The average Bonchev–Trinajstić information content (AvgIpc) is 3.41. The maximum absolute atomic E-state index is 13.3. The number of amides is 2. The Kier molecular flexibility index (Phi) is 5.18. The largest absolute Gasteiger partial charge is 0.454 e. The van der Waals surface area contributed by atoms with E-state index < -0.39 is 5.41 Å². The summed E-state index contributed by atoms with van der Waals surface area (Å²) >= 11 is 0. The molecule has 2 amide bonds.